The first-order valence-electron chi connectivity index (χ1n) is 10.5. The number of carbonyl (C=O) groups is 2. The van der Waals surface area contributed by atoms with Gasteiger partial charge in [-0.1, -0.05) is 42.5 Å². The molecule has 7 nitrogen and oxygen atoms in total. The van der Waals surface area contributed by atoms with E-state index in [-0.39, 0.29) is 16.8 Å². The highest BCUT2D eigenvalue weighted by atomic mass is 32.1. The van der Waals surface area contributed by atoms with Gasteiger partial charge in [-0.2, -0.15) is 13.2 Å². The Hall–Kier alpha value is -3.99. The van der Waals surface area contributed by atoms with Crippen LogP contribution in [0.1, 0.15) is 6.42 Å². The third-order valence-corrected chi connectivity index (χ3v) is 6.61. The van der Waals surface area contributed by atoms with Gasteiger partial charge in [0.05, 0.1) is 29.5 Å². The minimum Gasteiger partial charge on any atom is -0.324 e. The molecule has 0 radical (unpaired) electrons. The van der Waals surface area contributed by atoms with Crippen LogP contribution in [0.2, 0.25) is 0 Å². The van der Waals surface area contributed by atoms with Crippen LogP contribution in [0.15, 0.2) is 71.1 Å². The number of halogens is 3. The lowest BCUT2D eigenvalue weighted by Crippen LogP contribution is -2.51. The zero-order chi connectivity index (χ0) is 24.7. The van der Waals surface area contributed by atoms with Crippen molar-refractivity contribution in [3.63, 3.8) is 0 Å². The van der Waals surface area contributed by atoms with E-state index in [1.807, 2.05) is 30.3 Å². The molecule has 3 heterocycles. The standard InChI is InChI=1S/C24H17F3N4O3S/c25-24(26,27)18-10-19(32)29-16-8-4-5-9-17(16)31(18)20(33)11-30-13-28-22-21(23(30)34)15(12-35-22)14-6-2-1-3-7-14/h1-9,12-13,18H,10-11H2,(H,29,32). The van der Waals surface area contributed by atoms with Crippen LogP contribution in [-0.2, 0) is 16.1 Å². The van der Waals surface area contributed by atoms with Crippen molar-refractivity contribution < 1.29 is 22.8 Å². The van der Waals surface area contributed by atoms with E-state index in [9.17, 15) is 27.6 Å². The molecule has 178 valence electrons. The highest BCUT2D eigenvalue weighted by Crippen LogP contribution is 2.38. The molecule has 11 heteroatoms. The lowest BCUT2D eigenvalue weighted by atomic mass is 10.1. The molecule has 5 rings (SSSR count). The molecule has 1 unspecified atom stereocenters. The Morgan fingerprint density at radius 1 is 1.09 bits per heavy atom. The summed E-state index contributed by atoms with van der Waals surface area (Å²) in [6.07, 6.45) is -4.67. The second-order valence-corrected chi connectivity index (χ2v) is 8.82. The summed E-state index contributed by atoms with van der Waals surface area (Å²) in [5.41, 5.74) is 0.873. The quantitative estimate of drug-likeness (QED) is 0.453. The fourth-order valence-corrected chi connectivity index (χ4v) is 5.03. The maximum Gasteiger partial charge on any atom is 0.409 e. The van der Waals surface area contributed by atoms with E-state index in [1.54, 1.807) is 11.4 Å². The number of rotatable bonds is 3. The molecular weight excluding hydrogens is 481 g/mol. The Morgan fingerprint density at radius 3 is 2.54 bits per heavy atom. The van der Waals surface area contributed by atoms with E-state index >= 15 is 0 Å². The fraction of sp³-hybridized carbons (Fsp3) is 0.167. The van der Waals surface area contributed by atoms with Gasteiger partial charge in [0.2, 0.25) is 11.8 Å². The van der Waals surface area contributed by atoms with Crippen LogP contribution >= 0.6 is 11.3 Å². The Balaban J connectivity index is 1.58. The summed E-state index contributed by atoms with van der Waals surface area (Å²) >= 11 is 1.26. The SMILES string of the molecule is O=C1CC(C(F)(F)F)N(C(=O)Cn2cnc3scc(-c4ccccc4)c3c2=O)c2ccccc2N1. The Kier molecular flexibility index (Phi) is 5.64. The molecule has 0 saturated carbocycles. The van der Waals surface area contributed by atoms with E-state index in [2.05, 4.69) is 10.3 Å². The number of nitrogens with zero attached hydrogens (tertiary/aromatic N) is 3. The highest BCUT2D eigenvalue weighted by molar-refractivity contribution is 7.17. The number of hydrogen-bond donors (Lipinski definition) is 1. The molecule has 2 aromatic carbocycles. The van der Waals surface area contributed by atoms with E-state index in [0.717, 1.165) is 16.5 Å². The van der Waals surface area contributed by atoms with Crippen molar-refractivity contribution in [3.8, 4) is 11.1 Å². The van der Waals surface area contributed by atoms with Crippen LogP contribution in [0.3, 0.4) is 0 Å². The largest absolute Gasteiger partial charge is 0.409 e. The molecule has 2 aromatic heterocycles. The third kappa shape index (κ3) is 4.18. The Labute approximate surface area is 200 Å². The fourth-order valence-electron chi connectivity index (χ4n) is 4.13. The second-order valence-electron chi connectivity index (χ2n) is 7.96. The smallest absolute Gasteiger partial charge is 0.324 e. The van der Waals surface area contributed by atoms with Gasteiger partial charge in [-0.25, -0.2) is 4.98 Å². The molecule has 0 fully saturated rings. The molecule has 0 spiro atoms. The summed E-state index contributed by atoms with van der Waals surface area (Å²) in [6, 6.07) is 12.5. The van der Waals surface area contributed by atoms with Gasteiger partial charge < -0.3 is 5.32 Å². The summed E-state index contributed by atoms with van der Waals surface area (Å²) in [5, 5.41) is 4.49. The van der Waals surface area contributed by atoms with Gasteiger partial charge in [-0.15, -0.1) is 11.3 Å². The van der Waals surface area contributed by atoms with Crippen molar-refractivity contribution in [2.45, 2.75) is 25.2 Å². The number of carbonyl (C=O) groups excluding carboxylic acids is 2. The number of anilines is 2. The van der Waals surface area contributed by atoms with Gasteiger partial charge in [-0.3, -0.25) is 23.9 Å². The van der Waals surface area contributed by atoms with Crippen LogP contribution in [0.5, 0.6) is 0 Å². The number of nitrogens with one attached hydrogen (secondary N) is 1. The van der Waals surface area contributed by atoms with E-state index in [4.69, 9.17) is 0 Å². The average Bonchev–Trinajstić information content (AvgIpc) is 3.19. The monoisotopic (exact) mass is 498 g/mol. The molecule has 0 saturated heterocycles. The number of para-hydroxylation sites is 2. The van der Waals surface area contributed by atoms with E-state index < -0.39 is 42.6 Å². The number of benzene rings is 2. The van der Waals surface area contributed by atoms with Crippen LogP contribution in [-0.4, -0.2) is 33.6 Å². The second kappa shape index (κ2) is 8.66. The number of alkyl halides is 3. The molecule has 1 aliphatic rings. The number of fused-ring (bicyclic) bond motifs is 2. The summed E-state index contributed by atoms with van der Waals surface area (Å²) in [6.45, 7) is -0.680. The van der Waals surface area contributed by atoms with Crippen molar-refractivity contribution in [3.05, 3.63) is 76.7 Å². The van der Waals surface area contributed by atoms with Crippen LogP contribution in [0.25, 0.3) is 21.3 Å². The number of aromatic nitrogens is 2. The molecular formula is C24H17F3N4O3S. The predicted molar refractivity (Wildman–Crippen MR) is 126 cm³/mol. The van der Waals surface area contributed by atoms with E-state index in [0.29, 0.717) is 15.3 Å². The minimum atomic E-state index is -4.87. The molecule has 0 bridgehead atoms. The molecule has 1 atom stereocenters. The van der Waals surface area contributed by atoms with Crippen molar-refractivity contribution in [1.82, 2.24) is 9.55 Å². The van der Waals surface area contributed by atoms with Crippen LogP contribution in [0.4, 0.5) is 24.5 Å². The maximum absolute atomic E-state index is 14.0. The predicted octanol–water partition coefficient (Wildman–Crippen LogP) is 4.43. The molecule has 2 amide bonds. The zero-order valence-electron chi connectivity index (χ0n) is 18.0. The molecule has 1 aliphatic heterocycles. The summed E-state index contributed by atoms with van der Waals surface area (Å²) in [7, 11) is 0. The summed E-state index contributed by atoms with van der Waals surface area (Å²) in [4.78, 5) is 44.1. The maximum atomic E-state index is 14.0. The number of thiophene rings is 1. The third-order valence-electron chi connectivity index (χ3n) is 5.73. The first-order valence-corrected chi connectivity index (χ1v) is 11.4. The lowest BCUT2D eigenvalue weighted by molar-refractivity contribution is -0.158. The minimum absolute atomic E-state index is 0.0859. The first kappa shape index (κ1) is 22.8. The Bertz CT molecular complexity index is 1500. The molecule has 35 heavy (non-hydrogen) atoms. The topological polar surface area (TPSA) is 84.3 Å². The number of amides is 2. The lowest BCUT2D eigenvalue weighted by Gasteiger charge is -2.31. The molecule has 4 aromatic rings. The van der Waals surface area contributed by atoms with Gasteiger partial charge in [0.1, 0.15) is 17.4 Å². The summed E-state index contributed by atoms with van der Waals surface area (Å²) < 4.78 is 42.9. The first-order chi connectivity index (χ1) is 16.7. The highest BCUT2D eigenvalue weighted by Gasteiger charge is 2.49. The molecule has 0 aliphatic carbocycles. The normalized spacial score (nSPS) is 16.0. The van der Waals surface area contributed by atoms with Gasteiger partial charge >= 0.3 is 6.18 Å². The van der Waals surface area contributed by atoms with E-state index in [1.165, 1.54) is 29.5 Å². The van der Waals surface area contributed by atoms with Crippen molar-refractivity contribution in [1.29, 1.82) is 0 Å². The Morgan fingerprint density at radius 2 is 1.80 bits per heavy atom. The van der Waals surface area contributed by atoms with Crippen LogP contribution in [0, 0.1) is 0 Å². The van der Waals surface area contributed by atoms with Gasteiger partial charge in [0, 0.05) is 10.9 Å². The number of hydrogen-bond acceptors (Lipinski definition) is 5. The van der Waals surface area contributed by atoms with Gasteiger partial charge in [-0.05, 0) is 17.7 Å². The van der Waals surface area contributed by atoms with Gasteiger partial charge in [0.15, 0.2) is 0 Å². The van der Waals surface area contributed by atoms with Crippen molar-refractivity contribution >= 4 is 44.7 Å². The average molecular weight is 498 g/mol. The van der Waals surface area contributed by atoms with Crippen LogP contribution < -0.4 is 15.8 Å². The van der Waals surface area contributed by atoms with Crippen molar-refractivity contribution in [2.75, 3.05) is 10.2 Å². The zero-order valence-corrected chi connectivity index (χ0v) is 18.8. The van der Waals surface area contributed by atoms with Crippen molar-refractivity contribution in [2.24, 2.45) is 0 Å². The van der Waals surface area contributed by atoms with Gasteiger partial charge in [0.25, 0.3) is 5.56 Å². The molecule has 1 N–H and O–H groups in total. The summed E-state index contributed by atoms with van der Waals surface area (Å²) in [5.74, 6) is -1.85.